The van der Waals surface area contributed by atoms with E-state index in [1.807, 2.05) is 25.1 Å². The smallest absolute Gasteiger partial charge is 0.223 e. The number of ketones is 1. The molecule has 0 saturated carbocycles. The Morgan fingerprint density at radius 1 is 1.40 bits per heavy atom. The number of methoxy groups -OCH3 is 1. The average Bonchev–Trinajstić information content (AvgIpc) is 2.60. The maximum Gasteiger partial charge on any atom is 0.223 e. The fourth-order valence-electron chi connectivity index (χ4n) is 1.50. The molecule has 0 aliphatic heterocycles. The second-order valence-corrected chi connectivity index (χ2v) is 3.51. The fraction of sp³-hybridized carbons (Fsp3) is 0.250. The number of aryl methyl sites for hydroxylation is 1. The molecule has 0 bridgehead atoms. The maximum atomic E-state index is 11.5. The minimum Gasteiger partial charge on any atom is -0.453 e. The van der Waals surface area contributed by atoms with Gasteiger partial charge < -0.3 is 9.15 Å². The summed E-state index contributed by atoms with van der Waals surface area (Å²) in [5.74, 6) is 0.226. The molecule has 2 rings (SSSR count). The molecular weight excluding hydrogens is 192 g/mol. The van der Waals surface area contributed by atoms with Gasteiger partial charge in [-0.1, -0.05) is 11.6 Å². The molecule has 0 atom stereocenters. The molecule has 0 radical (unpaired) electrons. The van der Waals surface area contributed by atoms with E-state index in [1.165, 1.54) is 7.11 Å². The van der Waals surface area contributed by atoms with Crippen LogP contribution in [0, 0.1) is 6.92 Å². The summed E-state index contributed by atoms with van der Waals surface area (Å²) in [5.41, 5.74) is 1.88. The summed E-state index contributed by atoms with van der Waals surface area (Å²) in [6.45, 7) is 2.06. The highest BCUT2D eigenvalue weighted by Crippen LogP contribution is 2.20. The predicted molar refractivity (Wildman–Crippen MR) is 57.2 cm³/mol. The molecule has 2 aromatic rings. The second kappa shape index (κ2) is 3.87. The number of carbonyl (C=O) groups excluding carboxylic acids is 1. The van der Waals surface area contributed by atoms with Crippen LogP contribution in [0.3, 0.4) is 0 Å². The van der Waals surface area contributed by atoms with Gasteiger partial charge in [0.05, 0.1) is 0 Å². The number of hydrogen-bond donors (Lipinski definition) is 0. The van der Waals surface area contributed by atoms with Crippen LogP contribution < -0.4 is 0 Å². The average molecular weight is 204 g/mol. The summed E-state index contributed by atoms with van der Waals surface area (Å²) in [5, 5.41) is 0.953. The highest BCUT2D eigenvalue weighted by Gasteiger charge is 2.11. The van der Waals surface area contributed by atoms with Crippen LogP contribution in [-0.4, -0.2) is 19.5 Å². The van der Waals surface area contributed by atoms with Crippen LogP contribution in [0.4, 0.5) is 0 Å². The van der Waals surface area contributed by atoms with Gasteiger partial charge in [0, 0.05) is 12.5 Å². The quantitative estimate of drug-likeness (QED) is 0.721. The van der Waals surface area contributed by atoms with E-state index in [0.29, 0.717) is 5.76 Å². The van der Waals surface area contributed by atoms with Crippen molar-refractivity contribution < 1.29 is 13.9 Å². The molecule has 0 N–H and O–H groups in total. The van der Waals surface area contributed by atoms with Crippen LogP contribution in [0.2, 0.25) is 0 Å². The SMILES string of the molecule is COCC(=O)c1cc2cc(C)ccc2o1. The normalized spacial score (nSPS) is 10.8. The molecule has 1 aromatic carbocycles. The third kappa shape index (κ3) is 1.92. The van der Waals surface area contributed by atoms with Crippen molar-refractivity contribution in [2.45, 2.75) is 6.92 Å². The number of hydrogen-bond acceptors (Lipinski definition) is 3. The van der Waals surface area contributed by atoms with Crippen molar-refractivity contribution in [3.05, 3.63) is 35.6 Å². The third-order valence-corrected chi connectivity index (χ3v) is 2.22. The van der Waals surface area contributed by atoms with Crippen LogP contribution in [0.15, 0.2) is 28.7 Å². The second-order valence-electron chi connectivity index (χ2n) is 3.51. The van der Waals surface area contributed by atoms with Crippen LogP contribution in [0.5, 0.6) is 0 Å². The number of rotatable bonds is 3. The first kappa shape index (κ1) is 9.93. The number of Topliss-reactive ketones (excluding diaryl/α,β-unsaturated/α-hetero) is 1. The Labute approximate surface area is 87.6 Å². The Kier molecular flexibility index (Phi) is 2.56. The Balaban J connectivity index is 2.42. The van der Waals surface area contributed by atoms with Crippen LogP contribution in [-0.2, 0) is 4.74 Å². The predicted octanol–water partition coefficient (Wildman–Crippen LogP) is 2.57. The van der Waals surface area contributed by atoms with Crippen molar-refractivity contribution in [1.82, 2.24) is 0 Å². The summed E-state index contributed by atoms with van der Waals surface area (Å²) in [6.07, 6.45) is 0. The first-order valence-corrected chi connectivity index (χ1v) is 4.73. The fourth-order valence-corrected chi connectivity index (χ4v) is 1.50. The van der Waals surface area contributed by atoms with Gasteiger partial charge in [-0.25, -0.2) is 0 Å². The Hall–Kier alpha value is -1.61. The zero-order chi connectivity index (χ0) is 10.8. The molecule has 0 aliphatic carbocycles. The van der Waals surface area contributed by atoms with E-state index in [1.54, 1.807) is 6.07 Å². The topological polar surface area (TPSA) is 39.4 Å². The molecular formula is C12H12O3. The van der Waals surface area contributed by atoms with Crippen molar-refractivity contribution in [3.63, 3.8) is 0 Å². The summed E-state index contributed by atoms with van der Waals surface area (Å²) < 4.78 is 10.2. The molecule has 0 aliphatic rings. The first-order valence-electron chi connectivity index (χ1n) is 4.73. The highest BCUT2D eigenvalue weighted by atomic mass is 16.5. The zero-order valence-electron chi connectivity index (χ0n) is 8.74. The first-order chi connectivity index (χ1) is 7.20. The number of benzene rings is 1. The van der Waals surface area contributed by atoms with E-state index >= 15 is 0 Å². The number of ether oxygens (including phenoxy) is 1. The Morgan fingerprint density at radius 3 is 2.93 bits per heavy atom. The van der Waals surface area contributed by atoms with E-state index < -0.39 is 0 Å². The van der Waals surface area contributed by atoms with Crippen molar-refractivity contribution in [1.29, 1.82) is 0 Å². The number of furan rings is 1. The molecule has 3 heteroatoms. The van der Waals surface area contributed by atoms with Gasteiger partial charge in [0.2, 0.25) is 5.78 Å². The number of fused-ring (bicyclic) bond motifs is 1. The zero-order valence-corrected chi connectivity index (χ0v) is 8.74. The minimum absolute atomic E-state index is 0.0544. The van der Waals surface area contributed by atoms with Gasteiger partial charge in [0.15, 0.2) is 5.76 Å². The van der Waals surface area contributed by atoms with E-state index in [2.05, 4.69) is 0 Å². The summed E-state index contributed by atoms with van der Waals surface area (Å²) in [4.78, 5) is 11.5. The molecule has 0 spiro atoms. The Bertz CT molecular complexity index is 497. The van der Waals surface area contributed by atoms with Gasteiger partial charge in [0.25, 0.3) is 0 Å². The van der Waals surface area contributed by atoms with Gasteiger partial charge in [-0.05, 0) is 25.1 Å². The van der Waals surface area contributed by atoms with Gasteiger partial charge >= 0.3 is 0 Å². The lowest BCUT2D eigenvalue weighted by Crippen LogP contribution is -2.05. The van der Waals surface area contributed by atoms with Crippen molar-refractivity contribution in [3.8, 4) is 0 Å². The molecule has 0 amide bonds. The van der Waals surface area contributed by atoms with Crippen LogP contribution >= 0.6 is 0 Å². The molecule has 15 heavy (non-hydrogen) atoms. The molecule has 1 heterocycles. The minimum atomic E-state index is -0.133. The van der Waals surface area contributed by atoms with Gasteiger partial charge in [0.1, 0.15) is 12.2 Å². The van der Waals surface area contributed by atoms with E-state index in [4.69, 9.17) is 9.15 Å². The molecule has 78 valence electrons. The lowest BCUT2D eigenvalue weighted by molar-refractivity contribution is 0.0822. The lowest BCUT2D eigenvalue weighted by atomic mass is 10.2. The van der Waals surface area contributed by atoms with Gasteiger partial charge in [-0.3, -0.25) is 4.79 Å². The van der Waals surface area contributed by atoms with E-state index in [0.717, 1.165) is 16.5 Å². The van der Waals surface area contributed by atoms with Crippen molar-refractivity contribution in [2.24, 2.45) is 0 Å². The number of carbonyl (C=O) groups is 1. The molecule has 0 fully saturated rings. The van der Waals surface area contributed by atoms with Crippen molar-refractivity contribution in [2.75, 3.05) is 13.7 Å². The molecule has 3 nitrogen and oxygen atoms in total. The van der Waals surface area contributed by atoms with E-state index in [9.17, 15) is 4.79 Å². The van der Waals surface area contributed by atoms with Gasteiger partial charge in [-0.15, -0.1) is 0 Å². The maximum absolute atomic E-state index is 11.5. The molecule has 0 unspecified atom stereocenters. The highest BCUT2D eigenvalue weighted by molar-refractivity contribution is 5.98. The summed E-state index contributed by atoms with van der Waals surface area (Å²) in [6, 6.07) is 7.57. The van der Waals surface area contributed by atoms with Crippen LogP contribution in [0.1, 0.15) is 16.1 Å². The van der Waals surface area contributed by atoms with Gasteiger partial charge in [-0.2, -0.15) is 0 Å². The monoisotopic (exact) mass is 204 g/mol. The third-order valence-electron chi connectivity index (χ3n) is 2.22. The van der Waals surface area contributed by atoms with Crippen LogP contribution in [0.25, 0.3) is 11.0 Å². The summed E-state index contributed by atoms with van der Waals surface area (Å²) in [7, 11) is 1.49. The lowest BCUT2D eigenvalue weighted by Gasteiger charge is -1.92. The standard InChI is InChI=1S/C12H12O3/c1-8-3-4-11-9(5-8)6-12(15-11)10(13)7-14-2/h3-6H,7H2,1-2H3. The molecule has 1 aromatic heterocycles. The Morgan fingerprint density at radius 2 is 2.20 bits per heavy atom. The van der Waals surface area contributed by atoms with Crippen molar-refractivity contribution >= 4 is 16.8 Å². The largest absolute Gasteiger partial charge is 0.453 e. The molecule has 0 saturated heterocycles. The summed E-state index contributed by atoms with van der Waals surface area (Å²) >= 11 is 0. The van der Waals surface area contributed by atoms with E-state index in [-0.39, 0.29) is 12.4 Å².